The van der Waals surface area contributed by atoms with Gasteiger partial charge in [0.1, 0.15) is 18.1 Å². The fraction of sp³-hybridized carbons (Fsp3) is 0.533. The standard InChI is InChI=1S/C15H21NO4/c1-15(2,3)20-9-8-19-12-5-4-11-13(14(12)16)10(17)6-7-18-11/h4-5H,6-9,16H2,1-3H3. The summed E-state index contributed by atoms with van der Waals surface area (Å²) in [5.41, 5.74) is 6.58. The molecular weight excluding hydrogens is 258 g/mol. The van der Waals surface area contributed by atoms with Crippen LogP contribution in [0.15, 0.2) is 12.1 Å². The van der Waals surface area contributed by atoms with Crippen LogP contribution in [0.4, 0.5) is 5.69 Å². The lowest BCUT2D eigenvalue weighted by atomic mass is 10.0. The average molecular weight is 279 g/mol. The summed E-state index contributed by atoms with van der Waals surface area (Å²) in [4.78, 5) is 11.9. The van der Waals surface area contributed by atoms with Gasteiger partial charge in [0.15, 0.2) is 5.78 Å². The molecule has 0 fully saturated rings. The van der Waals surface area contributed by atoms with Gasteiger partial charge in [0, 0.05) is 6.42 Å². The average Bonchev–Trinajstić information content (AvgIpc) is 2.35. The molecule has 0 bridgehead atoms. The van der Waals surface area contributed by atoms with E-state index in [4.69, 9.17) is 19.9 Å². The fourth-order valence-electron chi connectivity index (χ4n) is 1.99. The molecule has 0 atom stereocenters. The Labute approximate surface area is 119 Å². The Morgan fingerprint density at radius 2 is 2.05 bits per heavy atom. The molecule has 1 aliphatic heterocycles. The zero-order valence-electron chi connectivity index (χ0n) is 12.2. The van der Waals surface area contributed by atoms with Gasteiger partial charge in [0.25, 0.3) is 0 Å². The van der Waals surface area contributed by atoms with Gasteiger partial charge in [-0.15, -0.1) is 0 Å². The maximum Gasteiger partial charge on any atom is 0.172 e. The normalized spacial score (nSPS) is 14.7. The van der Waals surface area contributed by atoms with Crippen molar-refractivity contribution in [2.45, 2.75) is 32.8 Å². The van der Waals surface area contributed by atoms with E-state index in [1.54, 1.807) is 12.1 Å². The van der Waals surface area contributed by atoms with Crippen molar-refractivity contribution in [3.63, 3.8) is 0 Å². The van der Waals surface area contributed by atoms with Crippen LogP contribution in [0.3, 0.4) is 0 Å². The van der Waals surface area contributed by atoms with E-state index in [-0.39, 0.29) is 11.4 Å². The van der Waals surface area contributed by atoms with E-state index in [1.807, 2.05) is 20.8 Å². The number of nitrogen functional groups attached to an aromatic ring is 1. The smallest absolute Gasteiger partial charge is 0.172 e. The fourth-order valence-corrected chi connectivity index (χ4v) is 1.99. The molecule has 0 saturated carbocycles. The lowest BCUT2D eigenvalue weighted by Crippen LogP contribution is -2.23. The lowest BCUT2D eigenvalue weighted by molar-refractivity contribution is -0.0162. The molecule has 0 aromatic heterocycles. The van der Waals surface area contributed by atoms with E-state index >= 15 is 0 Å². The molecule has 1 aromatic carbocycles. The minimum atomic E-state index is -0.200. The maximum absolute atomic E-state index is 11.9. The summed E-state index contributed by atoms with van der Waals surface area (Å²) in [7, 11) is 0. The van der Waals surface area contributed by atoms with E-state index in [1.165, 1.54) is 0 Å². The van der Waals surface area contributed by atoms with Crippen LogP contribution in [-0.2, 0) is 4.74 Å². The third-order valence-corrected chi connectivity index (χ3v) is 2.91. The van der Waals surface area contributed by atoms with Crippen molar-refractivity contribution in [1.29, 1.82) is 0 Å². The molecule has 5 heteroatoms. The van der Waals surface area contributed by atoms with Crippen LogP contribution in [0.1, 0.15) is 37.6 Å². The number of Topliss-reactive ketones (excluding diaryl/α,β-unsaturated/α-hetero) is 1. The Bertz CT molecular complexity index is 505. The molecule has 0 amide bonds. The van der Waals surface area contributed by atoms with Crippen molar-refractivity contribution in [2.24, 2.45) is 0 Å². The molecule has 1 aliphatic rings. The van der Waals surface area contributed by atoms with Crippen LogP contribution in [0, 0.1) is 0 Å². The molecule has 5 nitrogen and oxygen atoms in total. The summed E-state index contributed by atoms with van der Waals surface area (Å²) in [6, 6.07) is 3.45. The highest BCUT2D eigenvalue weighted by Gasteiger charge is 2.23. The number of anilines is 1. The van der Waals surface area contributed by atoms with Crippen LogP contribution < -0.4 is 15.2 Å². The summed E-state index contributed by atoms with van der Waals surface area (Å²) < 4.78 is 16.6. The molecule has 1 aromatic rings. The second-order valence-corrected chi connectivity index (χ2v) is 5.68. The number of hydrogen-bond acceptors (Lipinski definition) is 5. The quantitative estimate of drug-likeness (QED) is 0.677. The van der Waals surface area contributed by atoms with Crippen molar-refractivity contribution in [2.75, 3.05) is 25.6 Å². The van der Waals surface area contributed by atoms with Gasteiger partial charge in [-0.05, 0) is 32.9 Å². The molecule has 1 heterocycles. The maximum atomic E-state index is 11.9. The Morgan fingerprint density at radius 1 is 1.30 bits per heavy atom. The predicted octanol–water partition coefficient (Wildman–Crippen LogP) is 2.43. The summed E-state index contributed by atoms with van der Waals surface area (Å²) in [5.74, 6) is 1.04. The molecule has 110 valence electrons. The summed E-state index contributed by atoms with van der Waals surface area (Å²) in [6.07, 6.45) is 0.355. The third-order valence-electron chi connectivity index (χ3n) is 2.91. The summed E-state index contributed by atoms with van der Waals surface area (Å²) >= 11 is 0. The highest BCUT2D eigenvalue weighted by Crippen LogP contribution is 2.36. The van der Waals surface area contributed by atoms with E-state index in [0.717, 1.165) is 0 Å². The van der Waals surface area contributed by atoms with Crippen LogP contribution in [-0.4, -0.2) is 31.2 Å². The van der Waals surface area contributed by atoms with E-state index in [9.17, 15) is 4.79 Å². The van der Waals surface area contributed by atoms with Crippen LogP contribution in [0.5, 0.6) is 11.5 Å². The van der Waals surface area contributed by atoms with Crippen LogP contribution >= 0.6 is 0 Å². The van der Waals surface area contributed by atoms with E-state index in [2.05, 4.69) is 0 Å². The van der Waals surface area contributed by atoms with Crippen LogP contribution in [0.2, 0.25) is 0 Å². The van der Waals surface area contributed by atoms with Gasteiger partial charge in [0.05, 0.1) is 30.1 Å². The molecule has 0 saturated heterocycles. The van der Waals surface area contributed by atoms with Gasteiger partial charge in [-0.25, -0.2) is 0 Å². The number of rotatable bonds is 4. The monoisotopic (exact) mass is 279 g/mol. The number of nitrogens with two attached hydrogens (primary N) is 1. The largest absolute Gasteiger partial charge is 0.492 e. The molecule has 2 rings (SSSR count). The van der Waals surface area contributed by atoms with Gasteiger partial charge in [-0.1, -0.05) is 0 Å². The van der Waals surface area contributed by atoms with Crippen molar-refractivity contribution in [3.05, 3.63) is 17.7 Å². The molecule has 0 radical (unpaired) electrons. The molecule has 0 aliphatic carbocycles. The van der Waals surface area contributed by atoms with Gasteiger partial charge in [-0.2, -0.15) is 0 Å². The molecule has 20 heavy (non-hydrogen) atoms. The second-order valence-electron chi connectivity index (χ2n) is 5.68. The summed E-state index contributed by atoms with van der Waals surface area (Å²) in [6.45, 7) is 7.20. The number of ketones is 1. The zero-order valence-corrected chi connectivity index (χ0v) is 12.2. The van der Waals surface area contributed by atoms with Crippen LogP contribution in [0.25, 0.3) is 0 Å². The number of hydrogen-bond donors (Lipinski definition) is 1. The second kappa shape index (κ2) is 5.71. The first-order valence-corrected chi connectivity index (χ1v) is 6.74. The van der Waals surface area contributed by atoms with E-state index in [0.29, 0.717) is 49.0 Å². The minimum absolute atomic E-state index is 0.000131. The number of fused-ring (bicyclic) bond motifs is 1. The number of carbonyl (C=O) groups excluding carboxylic acids is 1. The van der Waals surface area contributed by atoms with Gasteiger partial charge in [0.2, 0.25) is 0 Å². The number of benzene rings is 1. The Kier molecular flexibility index (Phi) is 4.18. The first-order valence-electron chi connectivity index (χ1n) is 6.74. The predicted molar refractivity (Wildman–Crippen MR) is 76.5 cm³/mol. The SMILES string of the molecule is CC(C)(C)OCCOc1ccc2c(c1N)C(=O)CCO2. The summed E-state index contributed by atoms with van der Waals surface area (Å²) in [5, 5.41) is 0. The Hall–Kier alpha value is -1.75. The third kappa shape index (κ3) is 3.42. The zero-order chi connectivity index (χ0) is 14.8. The Balaban J connectivity index is 2.03. The lowest BCUT2D eigenvalue weighted by Gasteiger charge is -2.21. The molecular formula is C15H21NO4. The first kappa shape index (κ1) is 14.7. The van der Waals surface area contributed by atoms with Crippen molar-refractivity contribution in [3.8, 4) is 11.5 Å². The molecule has 0 unspecified atom stereocenters. The molecule has 0 spiro atoms. The number of carbonyl (C=O) groups is 1. The number of ether oxygens (including phenoxy) is 3. The molecule has 2 N–H and O–H groups in total. The topological polar surface area (TPSA) is 70.8 Å². The Morgan fingerprint density at radius 3 is 2.75 bits per heavy atom. The highest BCUT2D eigenvalue weighted by molar-refractivity contribution is 6.05. The van der Waals surface area contributed by atoms with Crippen molar-refractivity contribution >= 4 is 11.5 Å². The first-order chi connectivity index (χ1) is 9.38. The van der Waals surface area contributed by atoms with Crippen molar-refractivity contribution in [1.82, 2.24) is 0 Å². The van der Waals surface area contributed by atoms with Gasteiger partial charge < -0.3 is 19.9 Å². The van der Waals surface area contributed by atoms with Gasteiger partial charge in [-0.3, -0.25) is 4.79 Å². The van der Waals surface area contributed by atoms with Gasteiger partial charge >= 0.3 is 0 Å². The van der Waals surface area contributed by atoms with Crippen molar-refractivity contribution < 1.29 is 19.0 Å². The minimum Gasteiger partial charge on any atom is -0.492 e. The highest BCUT2D eigenvalue weighted by atomic mass is 16.5. The van der Waals surface area contributed by atoms with E-state index < -0.39 is 0 Å².